The molecule has 29 heavy (non-hydrogen) atoms. The minimum atomic E-state index is -0.262. The second-order valence-electron chi connectivity index (χ2n) is 6.60. The van der Waals surface area contributed by atoms with Crippen molar-refractivity contribution in [2.24, 2.45) is 5.10 Å². The van der Waals surface area contributed by atoms with E-state index in [-0.39, 0.29) is 11.5 Å². The first-order valence-electron chi connectivity index (χ1n) is 8.80. The van der Waals surface area contributed by atoms with E-state index in [0.29, 0.717) is 38.9 Å². The summed E-state index contributed by atoms with van der Waals surface area (Å²) >= 11 is 8.14. The molecule has 0 unspecified atom stereocenters. The van der Waals surface area contributed by atoms with Crippen LogP contribution in [0.1, 0.15) is 18.2 Å². The fraction of sp³-hybridized carbons (Fsp3) is 0.0952. The monoisotopic (exact) mass is 518 g/mol. The molecule has 146 valence electrons. The molecular weight excluding hydrogens is 503 g/mol. The normalized spacial score (nSPS) is 15.3. The van der Waals surface area contributed by atoms with E-state index in [9.17, 15) is 9.59 Å². The Labute approximate surface area is 185 Å². The van der Waals surface area contributed by atoms with Crippen molar-refractivity contribution in [3.05, 3.63) is 84.3 Å². The average Bonchev–Trinajstić information content (AvgIpc) is 3.14. The highest BCUT2D eigenvalue weighted by molar-refractivity contribution is 14.1. The summed E-state index contributed by atoms with van der Waals surface area (Å²) in [6.07, 6.45) is 1.61. The molecule has 0 aliphatic carbocycles. The van der Waals surface area contributed by atoms with Crippen molar-refractivity contribution < 1.29 is 4.79 Å². The van der Waals surface area contributed by atoms with Crippen molar-refractivity contribution in [3.63, 3.8) is 0 Å². The predicted octanol–water partition coefficient (Wildman–Crippen LogP) is 4.54. The summed E-state index contributed by atoms with van der Waals surface area (Å²) in [5.74, 6) is -0.262. The van der Waals surface area contributed by atoms with Crippen LogP contribution in [0.2, 0.25) is 5.02 Å². The number of aromatic nitrogens is 2. The zero-order chi connectivity index (χ0) is 20.7. The molecule has 1 aliphatic heterocycles. The SMILES string of the molecule is CC1=NN(c2ccc(I)cc2)C(=O)/C1=C/c1c(C)[nH]n(-c2ccc(Cl)cc2)c1=O. The van der Waals surface area contributed by atoms with E-state index in [4.69, 9.17) is 11.6 Å². The molecule has 1 aliphatic rings. The molecule has 0 saturated carbocycles. The van der Waals surface area contributed by atoms with Gasteiger partial charge in [0.25, 0.3) is 11.5 Å². The van der Waals surface area contributed by atoms with Crippen molar-refractivity contribution in [1.82, 2.24) is 9.78 Å². The smallest absolute Gasteiger partial charge is 0.280 e. The van der Waals surface area contributed by atoms with Crippen molar-refractivity contribution >= 4 is 57.6 Å². The topological polar surface area (TPSA) is 70.5 Å². The number of aryl methyl sites for hydroxylation is 1. The highest BCUT2D eigenvalue weighted by Gasteiger charge is 2.29. The number of hydrazone groups is 1. The molecule has 0 atom stereocenters. The molecule has 3 aromatic rings. The number of carbonyl (C=O) groups is 1. The lowest BCUT2D eigenvalue weighted by Gasteiger charge is -2.11. The van der Waals surface area contributed by atoms with E-state index in [2.05, 4.69) is 32.8 Å². The number of H-pyrrole nitrogens is 1. The Morgan fingerprint density at radius 2 is 1.62 bits per heavy atom. The molecular formula is C21H16ClIN4O2. The molecule has 1 amide bonds. The number of nitrogens with zero attached hydrogens (tertiary/aromatic N) is 3. The zero-order valence-electron chi connectivity index (χ0n) is 15.6. The van der Waals surface area contributed by atoms with E-state index >= 15 is 0 Å². The second-order valence-corrected chi connectivity index (χ2v) is 8.29. The van der Waals surface area contributed by atoms with E-state index in [0.717, 1.165) is 3.57 Å². The summed E-state index contributed by atoms with van der Waals surface area (Å²) in [4.78, 5) is 25.9. The maximum absolute atomic E-state index is 13.0. The standard InChI is InChI=1S/C21H16ClIN4O2/c1-12-18(20(28)26(24-12)16-7-3-14(22)4-8-16)11-19-13(2)25-27(21(19)29)17-9-5-15(23)6-10-17/h3-11,24H,1-2H3/b19-11+. The van der Waals surface area contributed by atoms with E-state index < -0.39 is 0 Å². The molecule has 8 heteroatoms. The van der Waals surface area contributed by atoms with E-state index in [1.165, 1.54) is 9.69 Å². The van der Waals surface area contributed by atoms with E-state index in [1.54, 1.807) is 44.2 Å². The van der Waals surface area contributed by atoms with Crippen LogP contribution in [0.15, 0.2) is 64.0 Å². The largest absolute Gasteiger partial charge is 0.295 e. The molecule has 2 aromatic carbocycles. The second kappa shape index (κ2) is 7.64. The van der Waals surface area contributed by atoms with Gasteiger partial charge in [-0.2, -0.15) is 10.1 Å². The lowest BCUT2D eigenvalue weighted by atomic mass is 10.1. The number of nitrogens with one attached hydrogen (secondary N) is 1. The molecule has 2 heterocycles. The number of hydrogen-bond acceptors (Lipinski definition) is 3. The van der Waals surface area contributed by atoms with Crippen LogP contribution in [-0.2, 0) is 4.79 Å². The Kier molecular flexibility index (Phi) is 5.18. The fourth-order valence-corrected chi connectivity index (χ4v) is 3.57. The molecule has 4 rings (SSSR count). The van der Waals surface area contributed by atoms with E-state index in [1.807, 2.05) is 24.3 Å². The number of hydrogen-bond donors (Lipinski definition) is 1. The van der Waals surface area contributed by atoms with Gasteiger partial charge in [-0.15, -0.1) is 0 Å². The van der Waals surface area contributed by atoms with Gasteiger partial charge in [0.2, 0.25) is 0 Å². The van der Waals surface area contributed by atoms with Crippen LogP contribution in [-0.4, -0.2) is 21.4 Å². The number of halogens is 2. The summed E-state index contributed by atoms with van der Waals surface area (Å²) in [7, 11) is 0. The van der Waals surface area contributed by atoms with Gasteiger partial charge < -0.3 is 0 Å². The average molecular weight is 519 g/mol. The van der Waals surface area contributed by atoms with Crippen LogP contribution >= 0.6 is 34.2 Å². The highest BCUT2D eigenvalue weighted by Crippen LogP contribution is 2.25. The third kappa shape index (κ3) is 3.67. The van der Waals surface area contributed by atoms with Gasteiger partial charge in [-0.05, 0) is 91.0 Å². The van der Waals surface area contributed by atoms with Crippen LogP contribution in [0, 0.1) is 10.5 Å². The molecule has 0 saturated heterocycles. The lowest BCUT2D eigenvalue weighted by Crippen LogP contribution is -2.22. The first-order chi connectivity index (χ1) is 13.8. The van der Waals surface area contributed by atoms with Crippen molar-refractivity contribution in [1.29, 1.82) is 0 Å². The van der Waals surface area contributed by atoms with Gasteiger partial charge in [-0.25, -0.2) is 4.68 Å². The Balaban J connectivity index is 1.72. The Hall–Kier alpha value is -2.65. The number of aromatic amines is 1. The summed E-state index contributed by atoms with van der Waals surface area (Å²) in [6, 6.07) is 14.4. The lowest BCUT2D eigenvalue weighted by molar-refractivity contribution is -0.114. The van der Waals surface area contributed by atoms with Gasteiger partial charge >= 0.3 is 0 Å². The summed E-state index contributed by atoms with van der Waals surface area (Å²) in [5.41, 5.74) is 3.13. The van der Waals surface area contributed by atoms with Gasteiger partial charge in [0.1, 0.15) is 0 Å². The van der Waals surface area contributed by atoms with Crippen molar-refractivity contribution in [2.45, 2.75) is 13.8 Å². The quantitative estimate of drug-likeness (QED) is 0.409. The molecule has 0 radical (unpaired) electrons. The summed E-state index contributed by atoms with van der Waals surface area (Å²) in [6.45, 7) is 3.55. The fourth-order valence-electron chi connectivity index (χ4n) is 3.09. The Morgan fingerprint density at radius 3 is 2.28 bits per heavy atom. The number of amides is 1. The third-order valence-electron chi connectivity index (χ3n) is 4.62. The van der Waals surface area contributed by atoms with Crippen LogP contribution in [0.3, 0.4) is 0 Å². The molecule has 1 N–H and O–H groups in total. The predicted molar refractivity (Wildman–Crippen MR) is 124 cm³/mol. The van der Waals surface area contributed by atoms with Crippen molar-refractivity contribution in [2.75, 3.05) is 5.01 Å². The molecule has 0 spiro atoms. The maximum Gasteiger partial charge on any atom is 0.280 e. The number of rotatable bonds is 3. The van der Waals surface area contributed by atoms with Crippen LogP contribution in [0.25, 0.3) is 11.8 Å². The molecule has 6 nitrogen and oxygen atoms in total. The first kappa shape index (κ1) is 19.7. The summed E-state index contributed by atoms with van der Waals surface area (Å²) < 4.78 is 2.50. The Morgan fingerprint density at radius 1 is 1.00 bits per heavy atom. The number of carbonyl (C=O) groups excluding carboxylic acids is 1. The van der Waals surface area contributed by atoms with Crippen LogP contribution in [0.5, 0.6) is 0 Å². The van der Waals surface area contributed by atoms with Gasteiger partial charge in [0.15, 0.2) is 0 Å². The third-order valence-corrected chi connectivity index (χ3v) is 5.60. The van der Waals surface area contributed by atoms with Crippen LogP contribution in [0.4, 0.5) is 5.69 Å². The Bertz CT molecular complexity index is 1220. The molecule has 0 bridgehead atoms. The molecule has 0 fully saturated rings. The van der Waals surface area contributed by atoms with Crippen LogP contribution < -0.4 is 10.6 Å². The first-order valence-corrected chi connectivity index (χ1v) is 10.3. The van der Waals surface area contributed by atoms with Crippen molar-refractivity contribution in [3.8, 4) is 5.69 Å². The number of benzene rings is 2. The minimum Gasteiger partial charge on any atom is -0.295 e. The van der Waals surface area contributed by atoms with Gasteiger partial charge in [-0.1, -0.05) is 11.6 Å². The van der Waals surface area contributed by atoms with Gasteiger partial charge in [0, 0.05) is 14.3 Å². The minimum absolute atomic E-state index is 0.245. The maximum atomic E-state index is 13.0. The molecule has 1 aromatic heterocycles. The highest BCUT2D eigenvalue weighted by atomic mass is 127. The zero-order valence-corrected chi connectivity index (χ0v) is 18.5. The summed E-state index contributed by atoms with van der Waals surface area (Å²) in [5, 5.41) is 9.38. The number of anilines is 1. The van der Waals surface area contributed by atoms with Gasteiger partial charge in [0.05, 0.1) is 28.2 Å². The van der Waals surface area contributed by atoms with Gasteiger partial charge in [-0.3, -0.25) is 14.7 Å².